The number of thioether (sulfide) groups is 2. The molecule has 10 heteroatoms. The molecule has 0 fully saturated rings. The van der Waals surface area contributed by atoms with Crippen LogP contribution in [0.2, 0.25) is 0 Å². The third-order valence-electron chi connectivity index (χ3n) is 4.03. The van der Waals surface area contributed by atoms with Crippen LogP contribution in [0, 0.1) is 0 Å². The number of halogens is 3. The van der Waals surface area contributed by atoms with E-state index in [0.29, 0.717) is 27.5 Å². The van der Waals surface area contributed by atoms with E-state index in [1.165, 1.54) is 11.8 Å². The van der Waals surface area contributed by atoms with Gasteiger partial charge in [0.25, 0.3) is 0 Å². The number of carbonyl (C=O) groups excluding carboxylic acids is 1. The minimum atomic E-state index is -4.28. The molecule has 0 saturated carbocycles. The number of rotatable bonds is 8. The molecule has 5 nitrogen and oxygen atoms in total. The molecular formula is C20H19F3N4OS2. The smallest absolute Gasteiger partial charge is 0.324 e. The quantitative estimate of drug-likeness (QED) is 0.475. The summed E-state index contributed by atoms with van der Waals surface area (Å²) in [5.41, 5.74) is 2.43. The van der Waals surface area contributed by atoms with Crippen LogP contribution >= 0.6 is 23.5 Å². The minimum absolute atomic E-state index is 0.0469. The molecule has 1 amide bonds. The Balaban J connectivity index is 1.65. The topological polar surface area (TPSA) is 59.8 Å². The van der Waals surface area contributed by atoms with Crippen LogP contribution < -0.4 is 5.32 Å². The molecule has 0 atom stereocenters. The van der Waals surface area contributed by atoms with Crippen LogP contribution in [0.3, 0.4) is 0 Å². The number of nitrogens with one attached hydrogen (secondary N) is 1. The monoisotopic (exact) mass is 452 g/mol. The highest BCUT2D eigenvalue weighted by molar-refractivity contribution is 8.00. The maximum atomic E-state index is 12.5. The summed E-state index contributed by atoms with van der Waals surface area (Å²) in [6.07, 6.45) is -1.85. The van der Waals surface area contributed by atoms with Crippen molar-refractivity contribution in [2.24, 2.45) is 0 Å². The van der Waals surface area contributed by atoms with Gasteiger partial charge in [-0.1, -0.05) is 49.0 Å². The number of anilines is 1. The van der Waals surface area contributed by atoms with E-state index in [1.54, 1.807) is 30.6 Å². The Labute approximate surface area is 180 Å². The maximum Gasteiger partial charge on any atom is 0.398 e. The lowest BCUT2D eigenvalue weighted by Gasteiger charge is -2.12. The summed E-state index contributed by atoms with van der Waals surface area (Å²) in [4.78, 5) is 12.8. The highest BCUT2D eigenvalue weighted by Gasteiger charge is 2.27. The second-order valence-electron chi connectivity index (χ2n) is 6.20. The molecule has 3 aromatic rings. The summed E-state index contributed by atoms with van der Waals surface area (Å²) in [7, 11) is 0. The van der Waals surface area contributed by atoms with Gasteiger partial charge in [0.1, 0.15) is 6.33 Å². The van der Waals surface area contributed by atoms with Crippen LogP contribution in [0.25, 0.3) is 5.69 Å². The number of hydrogen-bond donors (Lipinski definition) is 1. The molecule has 1 heterocycles. The summed E-state index contributed by atoms with van der Waals surface area (Å²) in [6, 6.07) is 14.3. The van der Waals surface area contributed by atoms with Crippen LogP contribution in [0.15, 0.2) is 64.9 Å². The molecule has 0 spiro atoms. The van der Waals surface area contributed by atoms with Crippen LogP contribution in [-0.4, -0.2) is 38.4 Å². The number of aryl methyl sites for hydroxylation is 1. The number of benzene rings is 2. The van der Waals surface area contributed by atoms with Gasteiger partial charge in [-0.25, -0.2) is 0 Å². The molecule has 2 aromatic carbocycles. The molecule has 30 heavy (non-hydrogen) atoms. The first-order valence-electron chi connectivity index (χ1n) is 9.07. The first-order valence-corrected chi connectivity index (χ1v) is 11.0. The summed E-state index contributed by atoms with van der Waals surface area (Å²) in [5, 5.41) is 11.3. The van der Waals surface area contributed by atoms with Gasteiger partial charge in [0, 0.05) is 4.90 Å². The van der Waals surface area contributed by atoms with Crippen molar-refractivity contribution in [3.05, 3.63) is 60.4 Å². The normalized spacial score (nSPS) is 11.5. The molecule has 1 aromatic heterocycles. The SMILES string of the molecule is CCc1ccccc1-n1cnnc1SCC(=O)Nc1ccccc1SCC(F)(F)F. The second-order valence-corrected chi connectivity index (χ2v) is 8.16. The number of para-hydroxylation sites is 2. The number of amides is 1. The summed E-state index contributed by atoms with van der Waals surface area (Å²) in [5.74, 6) is -1.31. The van der Waals surface area contributed by atoms with E-state index in [2.05, 4.69) is 22.4 Å². The van der Waals surface area contributed by atoms with Gasteiger partial charge in [-0.2, -0.15) is 13.2 Å². The average molecular weight is 453 g/mol. The summed E-state index contributed by atoms with van der Waals surface area (Å²) >= 11 is 1.85. The number of aromatic nitrogens is 3. The second kappa shape index (κ2) is 10.0. The lowest BCUT2D eigenvalue weighted by atomic mass is 10.1. The average Bonchev–Trinajstić information content (AvgIpc) is 3.19. The van der Waals surface area contributed by atoms with Crippen molar-refractivity contribution in [2.75, 3.05) is 16.8 Å². The maximum absolute atomic E-state index is 12.5. The Hall–Kier alpha value is -2.46. The van der Waals surface area contributed by atoms with E-state index < -0.39 is 11.9 Å². The Morgan fingerprint density at radius 1 is 1.10 bits per heavy atom. The summed E-state index contributed by atoms with van der Waals surface area (Å²) < 4.78 is 39.4. The predicted octanol–water partition coefficient (Wildman–Crippen LogP) is 5.21. The van der Waals surface area contributed by atoms with Crippen molar-refractivity contribution >= 4 is 35.1 Å². The van der Waals surface area contributed by atoms with Crippen molar-refractivity contribution in [3.8, 4) is 5.69 Å². The largest absolute Gasteiger partial charge is 0.398 e. The number of carbonyl (C=O) groups is 1. The van der Waals surface area contributed by atoms with Crippen molar-refractivity contribution in [3.63, 3.8) is 0 Å². The van der Waals surface area contributed by atoms with Crippen molar-refractivity contribution in [1.82, 2.24) is 14.8 Å². The molecular weight excluding hydrogens is 433 g/mol. The fourth-order valence-electron chi connectivity index (χ4n) is 2.70. The standard InChI is InChI=1S/C20H19F3N4OS2/c1-2-14-7-3-5-9-16(14)27-13-24-26-19(27)29-11-18(28)25-15-8-4-6-10-17(15)30-12-20(21,22)23/h3-10,13H,2,11-12H2,1H3,(H,25,28). The lowest BCUT2D eigenvalue weighted by molar-refractivity contribution is -0.113. The fourth-order valence-corrected chi connectivity index (χ4v) is 4.19. The number of alkyl halides is 3. The Bertz CT molecular complexity index is 1010. The molecule has 0 unspecified atom stereocenters. The zero-order valence-corrected chi connectivity index (χ0v) is 17.7. The van der Waals surface area contributed by atoms with E-state index in [9.17, 15) is 18.0 Å². The van der Waals surface area contributed by atoms with Crippen LogP contribution in [0.4, 0.5) is 18.9 Å². The minimum Gasteiger partial charge on any atom is -0.324 e. The van der Waals surface area contributed by atoms with Gasteiger partial charge in [-0.3, -0.25) is 9.36 Å². The predicted molar refractivity (Wildman–Crippen MR) is 113 cm³/mol. The van der Waals surface area contributed by atoms with E-state index in [0.717, 1.165) is 17.7 Å². The third-order valence-corrected chi connectivity index (χ3v) is 6.12. The van der Waals surface area contributed by atoms with Gasteiger partial charge < -0.3 is 5.32 Å². The zero-order valence-electron chi connectivity index (χ0n) is 16.0. The highest BCUT2D eigenvalue weighted by atomic mass is 32.2. The third kappa shape index (κ3) is 6.02. The molecule has 0 aliphatic heterocycles. The molecule has 0 saturated heterocycles. The molecule has 0 bridgehead atoms. The van der Waals surface area contributed by atoms with E-state index in [1.807, 2.05) is 28.8 Å². The molecule has 0 radical (unpaired) electrons. The van der Waals surface area contributed by atoms with Crippen LogP contribution in [0.5, 0.6) is 0 Å². The van der Waals surface area contributed by atoms with Gasteiger partial charge in [0.15, 0.2) is 5.16 Å². The Morgan fingerprint density at radius 3 is 2.60 bits per heavy atom. The zero-order chi connectivity index (χ0) is 21.6. The molecule has 3 rings (SSSR count). The van der Waals surface area contributed by atoms with E-state index in [4.69, 9.17) is 0 Å². The molecule has 0 aliphatic rings. The van der Waals surface area contributed by atoms with Gasteiger partial charge in [-0.15, -0.1) is 22.0 Å². The first kappa shape index (κ1) is 22.2. The first-order chi connectivity index (χ1) is 14.4. The van der Waals surface area contributed by atoms with Crippen molar-refractivity contribution in [2.45, 2.75) is 29.6 Å². The van der Waals surface area contributed by atoms with Crippen LogP contribution in [-0.2, 0) is 11.2 Å². The summed E-state index contributed by atoms with van der Waals surface area (Å²) in [6.45, 7) is 2.05. The van der Waals surface area contributed by atoms with E-state index >= 15 is 0 Å². The molecule has 1 N–H and O–H groups in total. The number of nitrogens with zero attached hydrogens (tertiary/aromatic N) is 3. The van der Waals surface area contributed by atoms with Crippen LogP contribution in [0.1, 0.15) is 12.5 Å². The van der Waals surface area contributed by atoms with Crippen molar-refractivity contribution in [1.29, 1.82) is 0 Å². The van der Waals surface area contributed by atoms with E-state index in [-0.39, 0.29) is 11.7 Å². The van der Waals surface area contributed by atoms with Gasteiger partial charge in [0.05, 0.1) is 22.9 Å². The molecule has 0 aliphatic carbocycles. The fraction of sp³-hybridized carbons (Fsp3) is 0.250. The number of hydrogen-bond acceptors (Lipinski definition) is 5. The Kier molecular flexibility index (Phi) is 7.43. The van der Waals surface area contributed by atoms with Crippen molar-refractivity contribution < 1.29 is 18.0 Å². The van der Waals surface area contributed by atoms with Gasteiger partial charge in [-0.05, 0) is 30.2 Å². The highest BCUT2D eigenvalue weighted by Crippen LogP contribution is 2.32. The lowest BCUT2D eigenvalue weighted by Crippen LogP contribution is -2.16. The Morgan fingerprint density at radius 2 is 1.83 bits per heavy atom. The van der Waals surface area contributed by atoms with Gasteiger partial charge >= 0.3 is 6.18 Å². The van der Waals surface area contributed by atoms with Gasteiger partial charge in [0.2, 0.25) is 5.91 Å². The molecule has 158 valence electrons.